The van der Waals surface area contributed by atoms with Crippen molar-refractivity contribution < 1.29 is 28.5 Å². The van der Waals surface area contributed by atoms with E-state index in [9.17, 15) is 9.90 Å². The topological polar surface area (TPSA) is 65.0 Å². The van der Waals surface area contributed by atoms with Gasteiger partial charge in [-0.25, -0.2) is 9.18 Å². The first-order valence-corrected chi connectivity index (χ1v) is 9.31. The number of ether oxygens (including phenoxy) is 3. The van der Waals surface area contributed by atoms with Crippen LogP contribution in [0, 0.1) is 5.92 Å². The van der Waals surface area contributed by atoms with Gasteiger partial charge in [0.05, 0.1) is 11.7 Å². The molecular weight excluding hydrogens is 351 g/mol. The second-order valence-corrected chi connectivity index (χ2v) is 7.56. The zero-order valence-electron chi connectivity index (χ0n) is 16.4. The molecule has 0 spiro atoms. The van der Waals surface area contributed by atoms with Gasteiger partial charge in [-0.15, -0.1) is 0 Å². The first-order valence-electron chi connectivity index (χ1n) is 9.31. The molecule has 1 N–H and O–H groups in total. The van der Waals surface area contributed by atoms with E-state index in [1.807, 2.05) is 13.8 Å². The van der Waals surface area contributed by atoms with Crippen LogP contribution < -0.4 is 0 Å². The number of rotatable bonds is 8. The molecule has 0 aromatic heterocycles. The Labute approximate surface area is 160 Å². The summed E-state index contributed by atoms with van der Waals surface area (Å²) >= 11 is 0. The summed E-state index contributed by atoms with van der Waals surface area (Å²) in [7, 11) is 0. The van der Waals surface area contributed by atoms with E-state index in [2.05, 4.69) is 0 Å². The first kappa shape index (κ1) is 21.5. The molecule has 1 heterocycles. The highest BCUT2D eigenvalue weighted by atomic mass is 19.1. The van der Waals surface area contributed by atoms with E-state index in [-0.39, 0.29) is 18.9 Å². The number of esters is 1. The third-order valence-corrected chi connectivity index (χ3v) is 4.23. The van der Waals surface area contributed by atoms with Crippen LogP contribution in [0.15, 0.2) is 42.2 Å². The highest BCUT2D eigenvalue weighted by Gasteiger charge is 2.47. The molecule has 1 saturated heterocycles. The van der Waals surface area contributed by atoms with Crippen LogP contribution >= 0.6 is 0 Å². The minimum atomic E-state index is -1.24. The Hall–Kier alpha value is -1.76. The van der Waals surface area contributed by atoms with Crippen molar-refractivity contribution >= 4 is 5.97 Å². The van der Waals surface area contributed by atoms with Crippen molar-refractivity contribution in [2.45, 2.75) is 64.6 Å². The van der Waals surface area contributed by atoms with Gasteiger partial charge in [-0.3, -0.25) is 0 Å². The molecule has 1 aromatic carbocycles. The second-order valence-electron chi connectivity index (χ2n) is 7.56. The van der Waals surface area contributed by atoms with Gasteiger partial charge < -0.3 is 19.3 Å². The third-order valence-electron chi connectivity index (χ3n) is 4.23. The third kappa shape index (κ3) is 6.13. The Morgan fingerprint density at radius 1 is 1.30 bits per heavy atom. The van der Waals surface area contributed by atoms with Gasteiger partial charge in [-0.1, -0.05) is 32.0 Å². The van der Waals surface area contributed by atoms with Gasteiger partial charge in [0, 0.05) is 6.61 Å². The van der Waals surface area contributed by atoms with Gasteiger partial charge in [0.15, 0.2) is 11.9 Å². The SMILES string of the molecule is CC(C)C/C=C(/F)C(OC(=O)c1ccccc1)C1OC(C)(C)OC1CCO. The molecule has 1 aliphatic heterocycles. The number of carbonyl (C=O) groups is 1. The van der Waals surface area contributed by atoms with E-state index < -0.39 is 35.9 Å². The normalized spacial score (nSPS) is 23.4. The quantitative estimate of drug-likeness (QED) is 0.690. The molecule has 0 bridgehead atoms. The van der Waals surface area contributed by atoms with Crippen LogP contribution in [0.1, 0.15) is 50.9 Å². The van der Waals surface area contributed by atoms with Gasteiger partial charge >= 0.3 is 5.97 Å². The van der Waals surface area contributed by atoms with Crippen molar-refractivity contribution in [3.8, 4) is 0 Å². The van der Waals surface area contributed by atoms with Crippen LogP contribution in [0.3, 0.4) is 0 Å². The summed E-state index contributed by atoms with van der Waals surface area (Å²) in [4.78, 5) is 12.5. The number of benzene rings is 1. The minimum Gasteiger partial charge on any atom is -0.449 e. The maximum atomic E-state index is 15.0. The molecule has 1 fully saturated rings. The van der Waals surface area contributed by atoms with Crippen LogP contribution in [-0.4, -0.2) is 41.8 Å². The molecular formula is C21H29FO5. The van der Waals surface area contributed by atoms with Crippen LogP contribution in [0.5, 0.6) is 0 Å². The highest BCUT2D eigenvalue weighted by Crippen LogP contribution is 2.35. The Morgan fingerprint density at radius 2 is 1.96 bits per heavy atom. The predicted octanol–water partition coefficient (Wildman–Crippen LogP) is 4.01. The molecule has 1 aromatic rings. The van der Waals surface area contributed by atoms with Gasteiger partial charge in [0.1, 0.15) is 11.9 Å². The molecule has 3 unspecified atom stereocenters. The highest BCUT2D eigenvalue weighted by molar-refractivity contribution is 5.89. The number of allylic oxidation sites excluding steroid dienone is 1. The van der Waals surface area contributed by atoms with Gasteiger partial charge in [0.2, 0.25) is 0 Å². The number of aliphatic hydroxyl groups is 1. The number of carbonyl (C=O) groups excluding carboxylic acids is 1. The van der Waals surface area contributed by atoms with E-state index >= 15 is 4.39 Å². The molecule has 2 rings (SSSR count). The summed E-state index contributed by atoms with van der Waals surface area (Å²) < 4.78 is 32.2. The summed E-state index contributed by atoms with van der Waals surface area (Å²) in [5.74, 6) is -1.90. The lowest BCUT2D eigenvalue weighted by molar-refractivity contribution is -0.154. The molecule has 27 heavy (non-hydrogen) atoms. The smallest absolute Gasteiger partial charge is 0.338 e. The van der Waals surface area contributed by atoms with Crippen molar-refractivity contribution in [3.63, 3.8) is 0 Å². The van der Waals surface area contributed by atoms with E-state index in [0.717, 1.165) is 0 Å². The second kappa shape index (κ2) is 9.44. The van der Waals surface area contributed by atoms with E-state index in [1.165, 1.54) is 6.08 Å². The lowest BCUT2D eigenvalue weighted by Gasteiger charge is -2.25. The zero-order valence-corrected chi connectivity index (χ0v) is 16.4. The average molecular weight is 380 g/mol. The number of hydrogen-bond donors (Lipinski definition) is 1. The summed E-state index contributed by atoms with van der Waals surface area (Å²) in [5, 5.41) is 9.32. The summed E-state index contributed by atoms with van der Waals surface area (Å²) in [6.45, 7) is 7.23. The molecule has 5 nitrogen and oxygen atoms in total. The van der Waals surface area contributed by atoms with Gasteiger partial charge in [-0.05, 0) is 50.8 Å². The molecule has 1 aliphatic rings. The number of aliphatic hydroxyl groups excluding tert-OH is 1. The van der Waals surface area contributed by atoms with E-state index in [0.29, 0.717) is 12.0 Å². The number of halogens is 1. The largest absolute Gasteiger partial charge is 0.449 e. The van der Waals surface area contributed by atoms with Crippen molar-refractivity contribution in [1.82, 2.24) is 0 Å². The van der Waals surface area contributed by atoms with Gasteiger partial charge in [0.25, 0.3) is 0 Å². The molecule has 0 amide bonds. The molecule has 6 heteroatoms. The van der Waals surface area contributed by atoms with Crippen LogP contribution in [-0.2, 0) is 14.2 Å². The van der Waals surface area contributed by atoms with Crippen molar-refractivity contribution in [2.24, 2.45) is 5.92 Å². The standard InChI is InChI=1S/C21H29FO5/c1-14(2)10-11-16(22)18(25-20(24)15-8-6-5-7-9-15)19-17(12-13-23)26-21(3,4)27-19/h5-9,11,14,17-19,23H,10,12-13H2,1-4H3/b16-11+. The Kier molecular flexibility index (Phi) is 7.53. The summed E-state index contributed by atoms with van der Waals surface area (Å²) in [6, 6.07) is 8.42. The monoisotopic (exact) mass is 380 g/mol. The Bertz CT molecular complexity index is 641. The fourth-order valence-corrected chi connectivity index (χ4v) is 2.97. The summed E-state index contributed by atoms with van der Waals surface area (Å²) in [6.07, 6.45) is -0.481. The van der Waals surface area contributed by atoms with Gasteiger partial charge in [-0.2, -0.15) is 0 Å². The lowest BCUT2D eigenvalue weighted by atomic mass is 10.0. The fraction of sp³-hybridized carbons (Fsp3) is 0.571. The average Bonchev–Trinajstić information content (AvgIpc) is 2.92. The van der Waals surface area contributed by atoms with Crippen molar-refractivity contribution in [1.29, 1.82) is 0 Å². The number of hydrogen-bond acceptors (Lipinski definition) is 5. The van der Waals surface area contributed by atoms with E-state index in [4.69, 9.17) is 14.2 Å². The molecule has 150 valence electrons. The summed E-state index contributed by atoms with van der Waals surface area (Å²) in [5.41, 5.74) is 0.330. The maximum Gasteiger partial charge on any atom is 0.338 e. The Balaban J connectivity index is 2.28. The minimum absolute atomic E-state index is 0.142. The maximum absolute atomic E-state index is 15.0. The molecule has 3 atom stereocenters. The predicted molar refractivity (Wildman–Crippen MR) is 99.8 cm³/mol. The van der Waals surface area contributed by atoms with Crippen LogP contribution in [0.2, 0.25) is 0 Å². The first-order chi connectivity index (χ1) is 12.7. The van der Waals surface area contributed by atoms with Crippen LogP contribution in [0.4, 0.5) is 4.39 Å². The molecule has 0 aliphatic carbocycles. The molecule has 0 saturated carbocycles. The van der Waals surface area contributed by atoms with E-state index in [1.54, 1.807) is 44.2 Å². The molecule has 0 radical (unpaired) electrons. The van der Waals surface area contributed by atoms with Crippen molar-refractivity contribution in [3.05, 3.63) is 47.8 Å². The lowest BCUT2D eigenvalue weighted by Crippen LogP contribution is -2.40. The zero-order chi connectivity index (χ0) is 20.0. The fourth-order valence-electron chi connectivity index (χ4n) is 2.97. The van der Waals surface area contributed by atoms with Crippen molar-refractivity contribution in [2.75, 3.05) is 6.61 Å². The van der Waals surface area contributed by atoms with Crippen LogP contribution in [0.25, 0.3) is 0 Å². The Morgan fingerprint density at radius 3 is 2.56 bits per heavy atom.